The Morgan fingerprint density at radius 2 is 1.76 bits per heavy atom. The van der Waals surface area contributed by atoms with Crippen molar-refractivity contribution in [2.75, 3.05) is 26.5 Å². The molecule has 0 aliphatic rings. The maximum atomic E-state index is 13.0. The standard InChI is InChI=1S/C28H29N5O3S/c1-5-24(27(34)32-13-12-18-8-11-22(35-3)23(14-18)36-4)37-28-21(16-30)25(20(15-29)26(31)33-28)19-9-6-17(2)7-10-19/h6-11,14,24H,5,12-13H2,1-4H3,(H2,31,33)(H,32,34). The minimum Gasteiger partial charge on any atom is -0.493 e. The third-order valence-electron chi connectivity index (χ3n) is 5.83. The molecular formula is C28H29N5O3S. The topological polar surface area (TPSA) is 134 Å². The lowest BCUT2D eigenvalue weighted by atomic mass is 9.96. The summed E-state index contributed by atoms with van der Waals surface area (Å²) in [5, 5.41) is 22.6. The van der Waals surface area contributed by atoms with Gasteiger partial charge in [-0.25, -0.2) is 4.98 Å². The van der Waals surface area contributed by atoms with Crippen molar-refractivity contribution in [3.63, 3.8) is 0 Å². The number of nitrogens with two attached hydrogens (primary N) is 1. The van der Waals surface area contributed by atoms with Crippen LogP contribution in [0.5, 0.6) is 11.5 Å². The number of ether oxygens (including phenoxy) is 2. The van der Waals surface area contributed by atoms with Crippen molar-refractivity contribution in [3.05, 3.63) is 64.7 Å². The average molecular weight is 516 g/mol. The number of hydrogen-bond donors (Lipinski definition) is 2. The molecule has 1 aromatic heterocycles. The van der Waals surface area contributed by atoms with E-state index < -0.39 is 5.25 Å². The molecule has 0 saturated carbocycles. The van der Waals surface area contributed by atoms with Crippen molar-refractivity contribution in [2.24, 2.45) is 0 Å². The van der Waals surface area contributed by atoms with Gasteiger partial charge in [0.05, 0.1) is 25.0 Å². The van der Waals surface area contributed by atoms with Gasteiger partial charge in [-0.2, -0.15) is 10.5 Å². The van der Waals surface area contributed by atoms with Crippen LogP contribution in [0.1, 0.15) is 35.6 Å². The molecule has 0 aliphatic heterocycles. The van der Waals surface area contributed by atoms with Gasteiger partial charge in [-0.15, -0.1) is 0 Å². The quantitative estimate of drug-likeness (QED) is 0.373. The molecule has 1 heterocycles. The first-order chi connectivity index (χ1) is 17.9. The first-order valence-corrected chi connectivity index (χ1v) is 12.6. The Hall–Kier alpha value is -4.21. The van der Waals surface area contributed by atoms with Crippen molar-refractivity contribution >= 4 is 23.5 Å². The highest BCUT2D eigenvalue weighted by Gasteiger charge is 2.25. The van der Waals surface area contributed by atoms with Crippen LogP contribution in [0.15, 0.2) is 47.5 Å². The van der Waals surface area contributed by atoms with Gasteiger partial charge in [0.15, 0.2) is 11.5 Å². The molecule has 190 valence electrons. The molecule has 3 rings (SSSR count). The number of anilines is 1. The fourth-order valence-electron chi connectivity index (χ4n) is 3.83. The van der Waals surface area contributed by atoms with Crippen LogP contribution in [0.25, 0.3) is 11.1 Å². The van der Waals surface area contributed by atoms with E-state index >= 15 is 0 Å². The van der Waals surface area contributed by atoms with Crippen molar-refractivity contribution in [1.29, 1.82) is 10.5 Å². The Morgan fingerprint density at radius 3 is 2.35 bits per heavy atom. The van der Waals surface area contributed by atoms with E-state index in [9.17, 15) is 15.3 Å². The SMILES string of the molecule is CCC(Sc1nc(N)c(C#N)c(-c2ccc(C)cc2)c1C#N)C(=O)NCCc1ccc(OC)c(OC)c1. The maximum absolute atomic E-state index is 13.0. The molecule has 0 radical (unpaired) electrons. The minimum absolute atomic E-state index is 0.0308. The zero-order valence-corrected chi connectivity index (χ0v) is 22.1. The molecule has 8 nitrogen and oxygen atoms in total. The van der Waals surface area contributed by atoms with Crippen LogP contribution in [0.3, 0.4) is 0 Å². The number of amides is 1. The van der Waals surface area contributed by atoms with Gasteiger partial charge in [0.25, 0.3) is 0 Å². The molecule has 0 saturated heterocycles. The summed E-state index contributed by atoms with van der Waals surface area (Å²) in [6.07, 6.45) is 1.12. The normalized spacial score (nSPS) is 11.2. The molecule has 0 bridgehead atoms. The van der Waals surface area contributed by atoms with Gasteiger partial charge in [0.2, 0.25) is 5.91 Å². The first-order valence-electron chi connectivity index (χ1n) is 11.7. The third-order valence-corrected chi connectivity index (χ3v) is 7.18. The number of nitrogen functional groups attached to an aromatic ring is 1. The Bertz CT molecular complexity index is 1360. The number of hydrogen-bond acceptors (Lipinski definition) is 8. The second kappa shape index (κ2) is 12.7. The number of nitrogens with one attached hydrogen (secondary N) is 1. The Labute approximate surface area is 221 Å². The minimum atomic E-state index is -0.497. The molecule has 1 atom stereocenters. The van der Waals surface area contributed by atoms with Gasteiger partial charge in [-0.05, 0) is 43.0 Å². The highest BCUT2D eigenvalue weighted by molar-refractivity contribution is 8.00. The van der Waals surface area contributed by atoms with E-state index in [1.807, 2.05) is 56.3 Å². The number of nitrogens with zero attached hydrogens (tertiary/aromatic N) is 3. The monoisotopic (exact) mass is 515 g/mol. The van der Waals surface area contributed by atoms with Gasteiger partial charge < -0.3 is 20.5 Å². The summed E-state index contributed by atoms with van der Waals surface area (Å²) in [4.78, 5) is 17.4. The van der Waals surface area contributed by atoms with Gasteiger partial charge in [0, 0.05) is 12.1 Å². The molecule has 3 N–H and O–H groups in total. The highest BCUT2D eigenvalue weighted by atomic mass is 32.2. The summed E-state index contributed by atoms with van der Waals surface area (Å²) in [5.41, 5.74) is 9.69. The fraction of sp³-hybridized carbons (Fsp3) is 0.286. The molecule has 3 aromatic rings. The zero-order valence-electron chi connectivity index (χ0n) is 21.3. The first kappa shape index (κ1) is 27.4. The number of methoxy groups -OCH3 is 2. The molecule has 37 heavy (non-hydrogen) atoms. The Morgan fingerprint density at radius 1 is 1.08 bits per heavy atom. The van der Waals surface area contributed by atoms with Gasteiger partial charge in [-0.3, -0.25) is 4.79 Å². The number of rotatable bonds is 10. The van der Waals surface area contributed by atoms with Crippen LogP contribution in [-0.4, -0.2) is 36.9 Å². The summed E-state index contributed by atoms with van der Waals surface area (Å²) in [6.45, 7) is 4.28. The molecule has 1 amide bonds. The number of thioether (sulfide) groups is 1. The molecular weight excluding hydrogens is 486 g/mol. The van der Waals surface area contributed by atoms with E-state index in [1.54, 1.807) is 14.2 Å². The van der Waals surface area contributed by atoms with Crippen LogP contribution in [-0.2, 0) is 11.2 Å². The number of carbonyl (C=O) groups excluding carboxylic acids is 1. The zero-order chi connectivity index (χ0) is 26.9. The van der Waals surface area contributed by atoms with Gasteiger partial charge in [-0.1, -0.05) is 54.6 Å². The smallest absolute Gasteiger partial charge is 0.233 e. The summed E-state index contributed by atoms with van der Waals surface area (Å²) in [6, 6.07) is 17.4. The summed E-state index contributed by atoms with van der Waals surface area (Å²) < 4.78 is 10.6. The number of carbonyl (C=O) groups is 1. The molecule has 1 unspecified atom stereocenters. The van der Waals surface area contributed by atoms with E-state index in [1.165, 1.54) is 11.8 Å². The van der Waals surface area contributed by atoms with Crippen LogP contribution < -0.4 is 20.5 Å². The van der Waals surface area contributed by atoms with E-state index in [0.717, 1.165) is 11.1 Å². The Kier molecular flexibility index (Phi) is 9.37. The van der Waals surface area contributed by atoms with Crippen LogP contribution in [0, 0.1) is 29.6 Å². The van der Waals surface area contributed by atoms with Crippen molar-refractivity contribution in [2.45, 2.75) is 37.0 Å². The molecule has 2 aromatic carbocycles. The predicted molar refractivity (Wildman–Crippen MR) is 144 cm³/mol. The molecule has 9 heteroatoms. The van der Waals surface area contributed by atoms with E-state index in [0.29, 0.717) is 47.0 Å². The number of aromatic nitrogens is 1. The average Bonchev–Trinajstić information content (AvgIpc) is 2.91. The number of aryl methyl sites for hydroxylation is 1. The van der Waals surface area contributed by atoms with Crippen LogP contribution in [0.2, 0.25) is 0 Å². The van der Waals surface area contributed by atoms with Gasteiger partial charge >= 0.3 is 0 Å². The third kappa shape index (κ3) is 6.32. The molecule has 0 fully saturated rings. The summed E-state index contributed by atoms with van der Waals surface area (Å²) >= 11 is 1.18. The largest absolute Gasteiger partial charge is 0.493 e. The van der Waals surface area contributed by atoms with Crippen molar-refractivity contribution < 1.29 is 14.3 Å². The van der Waals surface area contributed by atoms with E-state index in [2.05, 4.69) is 22.4 Å². The summed E-state index contributed by atoms with van der Waals surface area (Å²) in [5.74, 6) is 1.14. The predicted octanol–water partition coefficient (Wildman–Crippen LogP) is 4.63. The van der Waals surface area contributed by atoms with Gasteiger partial charge in [0.1, 0.15) is 28.5 Å². The lowest BCUT2D eigenvalue weighted by molar-refractivity contribution is -0.120. The summed E-state index contributed by atoms with van der Waals surface area (Å²) in [7, 11) is 3.16. The second-order valence-corrected chi connectivity index (χ2v) is 9.45. The van der Waals surface area contributed by atoms with Crippen molar-refractivity contribution in [3.8, 4) is 34.8 Å². The van der Waals surface area contributed by atoms with Crippen LogP contribution >= 0.6 is 11.8 Å². The fourth-order valence-corrected chi connectivity index (χ4v) is 4.87. The lowest BCUT2D eigenvalue weighted by Gasteiger charge is -2.18. The number of benzene rings is 2. The lowest BCUT2D eigenvalue weighted by Crippen LogP contribution is -2.33. The van der Waals surface area contributed by atoms with E-state index in [4.69, 9.17) is 15.2 Å². The van der Waals surface area contributed by atoms with Crippen molar-refractivity contribution in [1.82, 2.24) is 10.3 Å². The van der Waals surface area contributed by atoms with E-state index in [-0.39, 0.29) is 22.9 Å². The molecule has 0 spiro atoms. The Balaban J connectivity index is 1.80. The maximum Gasteiger partial charge on any atom is 0.233 e. The number of pyridine rings is 1. The molecule has 0 aliphatic carbocycles. The number of nitriles is 2. The highest BCUT2D eigenvalue weighted by Crippen LogP contribution is 2.37. The van der Waals surface area contributed by atoms with Crippen LogP contribution in [0.4, 0.5) is 5.82 Å². The second-order valence-electron chi connectivity index (χ2n) is 8.26.